The molecule has 1 aliphatic carbocycles. The summed E-state index contributed by atoms with van der Waals surface area (Å²) in [5.41, 5.74) is -1.10. The molecule has 0 saturated heterocycles. The van der Waals surface area contributed by atoms with Crippen LogP contribution in [0.1, 0.15) is 39.0 Å². The van der Waals surface area contributed by atoms with Crippen molar-refractivity contribution < 1.29 is 14.7 Å². The van der Waals surface area contributed by atoms with E-state index >= 15 is 0 Å². The zero-order chi connectivity index (χ0) is 14.6. The highest BCUT2D eigenvalue weighted by molar-refractivity contribution is 5.87. The van der Waals surface area contributed by atoms with E-state index in [1.165, 1.54) is 12.7 Å². The number of carboxylic acids is 1. The summed E-state index contributed by atoms with van der Waals surface area (Å²) in [7, 11) is 0. The molecule has 1 aromatic rings. The minimum absolute atomic E-state index is 0.201. The number of nitrogens with one attached hydrogen (secondary N) is 1. The van der Waals surface area contributed by atoms with Gasteiger partial charge in [-0.1, -0.05) is 19.8 Å². The number of amides is 1. The van der Waals surface area contributed by atoms with Crippen molar-refractivity contribution in [2.24, 2.45) is 5.92 Å². The fourth-order valence-corrected chi connectivity index (χ4v) is 2.81. The minimum Gasteiger partial charge on any atom is -0.480 e. The fourth-order valence-electron chi connectivity index (χ4n) is 2.81. The lowest BCUT2D eigenvalue weighted by Crippen LogP contribution is -2.56. The molecule has 2 atom stereocenters. The van der Waals surface area contributed by atoms with Crippen molar-refractivity contribution in [2.45, 2.75) is 51.1 Å². The van der Waals surface area contributed by atoms with Crippen LogP contribution >= 0.6 is 0 Å². The molecular formula is C13H20N4O3. The Morgan fingerprint density at radius 3 is 2.95 bits per heavy atom. The summed E-state index contributed by atoms with van der Waals surface area (Å²) in [5.74, 6) is -0.870. The van der Waals surface area contributed by atoms with Gasteiger partial charge >= 0.3 is 5.97 Å². The van der Waals surface area contributed by atoms with Gasteiger partial charge in [-0.3, -0.25) is 9.48 Å². The van der Waals surface area contributed by atoms with Crippen LogP contribution in [0.3, 0.4) is 0 Å². The highest BCUT2D eigenvalue weighted by atomic mass is 16.4. The molecule has 7 nitrogen and oxygen atoms in total. The highest BCUT2D eigenvalue weighted by Gasteiger charge is 2.42. The van der Waals surface area contributed by atoms with E-state index in [2.05, 4.69) is 15.4 Å². The van der Waals surface area contributed by atoms with Gasteiger partial charge in [0.15, 0.2) is 0 Å². The SMILES string of the molecule is CC1CCCC(NC(=O)CCn2cncn2)(C(=O)O)C1. The molecule has 110 valence electrons. The first-order valence-corrected chi connectivity index (χ1v) is 6.89. The first-order chi connectivity index (χ1) is 9.52. The summed E-state index contributed by atoms with van der Waals surface area (Å²) in [4.78, 5) is 27.3. The van der Waals surface area contributed by atoms with Gasteiger partial charge in [-0.15, -0.1) is 0 Å². The van der Waals surface area contributed by atoms with Crippen LogP contribution in [-0.4, -0.2) is 37.3 Å². The van der Waals surface area contributed by atoms with Crippen LogP contribution in [0.25, 0.3) is 0 Å². The molecule has 1 fully saturated rings. The average Bonchev–Trinajstić information content (AvgIpc) is 2.89. The van der Waals surface area contributed by atoms with Gasteiger partial charge in [-0.05, 0) is 18.8 Å². The molecule has 0 radical (unpaired) electrons. The summed E-state index contributed by atoms with van der Waals surface area (Å²) in [6.07, 6.45) is 5.98. The van der Waals surface area contributed by atoms with Crippen molar-refractivity contribution in [1.82, 2.24) is 20.1 Å². The van der Waals surface area contributed by atoms with Gasteiger partial charge in [-0.2, -0.15) is 5.10 Å². The number of aromatic nitrogens is 3. The van der Waals surface area contributed by atoms with E-state index in [1.807, 2.05) is 6.92 Å². The Bertz CT molecular complexity index is 474. The molecule has 1 aromatic heterocycles. The third-order valence-electron chi connectivity index (χ3n) is 3.82. The number of hydrogen-bond donors (Lipinski definition) is 2. The average molecular weight is 280 g/mol. The number of hydrogen-bond acceptors (Lipinski definition) is 4. The van der Waals surface area contributed by atoms with Crippen molar-refractivity contribution in [3.8, 4) is 0 Å². The van der Waals surface area contributed by atoms with Crippen LogP contribution in [0.4, 0.5) is 0 Å². The van der Waals surface area contributed by atoms with Crippen LogP contribution in [0.2, 0.25) is 0 Å². The number of aryl methyl sites for hydroxylation is 1. The summed E-state index contributed by atoms with van der Waals surface area (Å²) in [6.45, 7) is 2.43. The predicted molar refractivity (Wildman–Crippen MR) is 70.8 cm³/mol. The standard InChI is InChI=1S/C13H20N4O3/c1-10-3-2-5-13(7-10,12(19)20)16-11(18)4-6-17-9-14-8-15-17/h8-10H,2-7H2,1H3,(H,16,18)(H,19,20). The highest BCUT2D eigenvalue weighted by Crippen LogP contribution is 2.32. The second kappa shape index (κ2) is 6.02. The fraction of sp³-hybridized carbons (Fsp3) is 0.692. The quantitative estimate of drug-likeness (QED) is 0.832. The maximum atomic E-state index is 12.0. The number of nitrogens with zero attached hydrogens (tertiary/aromatic N) is 3. The third kappa shape index (κ3) is 3.34. The molecule has 1 amide bonds. The van der Waals surface area contributed by atoms with E-state index in [0.29, 0.717) is 25.3 Å². The van der Waals surface area contributed by atoms with Gasteiger partial charge in [0, 0.05) is 6.42 Å². The van der Waals surface area contributed by atoms with Gasteiger partial charge in [0.05, 0.1) is 6.54 Å². The lowest BCUT2D eigenvalue weighted by molar-refractivity contribution is -0.150. The van der Waals surface area contributed by atoms with Crippen molar-refractivity contribution in [3.63, 3.8) is 0 Å². The molecule has 0 aliphatic heterocycles. The molecule has 2 rings (SSSR count). The van der Waals surface area contributed by atoms with Gasteiger partial charge in [-0.25, -0.2) is 9.78 Å². The molecule has 2 N–H and O–H groups in total. The van der Waals surface area contributed by atoms with Crippen LogP contribution in [-0.2, 0) is 16.1 Å². The summed E-state index contributed by atoms with van der Waals surface area (Å²) >= 11 is 0. The summed E-state index contributed by atoms with van der Waals surface area (Å²) in [5, 5.41) is 16.1. The van der Waals surface area contributed by atoms with Gasteiger partial charge in [0.1, 0.15) is 18.2 Å². The third-order valence-corrected chi connectivity index (χ3v) is 3.82. The second-order valence-electron chi connectivity index (χ2n) is 5.55. The Morgan fingerprint density at radius 2 is 2.35 bits per heavy atom. The Labute approximate surface area is 117 Å². The molecule has 1 heterocycles. The Morgan fingerprint density at radius 1 is 1.55 bits per heavy atom. The monoisotopic (exact) mass is 280 g/mol. The number of aliphatic carboxylic acids is 1. The van der Waals surface area contributed by atoms with E-state index in [-0.39, 0.29) is 12.3 Å². The van der Waals surface area contributed by atoms with Crippen LogP contribution in [0, 0.1) is 5.92 Å². The van der Waals surface area contributed by atoms with E-state index in [4.69, 9.17) is 0 Å². The zero-order valence-corrected chi connectivity index (χ0v) is 11.6. The Kier molecular flexibility index (Phi) is 4.36. The first-order valence-electron chi connectivity index (χ1n) is 6.89. The molecule has 0 spiro atoms. The Hall–Kier alpha value is -1.92. The van der Waals surface area contributed by atoms with E-state index in [0.717, 1.165) is 12.8 Å². The zero-order valence-electron chi connectivity index (χ0n) is 11.6. The number of carbonyl (C=O) groups is 2. The van der Waals surface area contributed by atoms with E-state index in [9.17, 15) is 14.7 Å². The molecule has 2 unspecified atom stereocenters. The van der Waals surface area contributed by atoms with Crippen molar-refractivity contribution in [1.29, 1.82) is 0 Å². The first kappa shape index (κ1) is 14.5. The second-order valence-corrected chi connectivity index (χ2v) is 5.55. The number of carbonyl (C=O) groups excluding carboxylic acids is 1. The van der Waals surface area contributed by atoms with Crippen LogP contribution in [0.15, 0.2) is 12.7 Å². The smallest absolute Gasteiger partial charge is 0.329 e. The van der Waals surface area contributed by atoms with Crippen molar-refractivity contribution in [2.75, 3.05) is 0 Å². The maximum Gasteiger partial charge on any atom is 0.329 e. The van der Waals surface area contributed by atoms with Gasteiger partial charge in [0.2, 0.25) is 5.91 Å². The molecule has 0 aromatic carbocycles. The summed E-state index contributed by atoms with van der Waals surface area (Å²) < 4.78 is 1.55. The normalized spacial score (nSPS) is 26.1. The van der Waals surface area contributed by atoms with Gasteiger partial charge in [0.25, 0.3) is 0 Å². The number of carboxylic acid groups (broad SMARTS) is 1. The van der Waals surface area contributed by atoms with E-state index in [1.54, 1.807) is 4.68 Å². The lowest BCUT2D eigenvalue weighted by Gasteiger charge is -2.37. The molecule has 0 bridgehead atoms. The minimum atomic E-state index is -1.10. The maximum absolute atomic E-state index is 12.0. The molecule has 1 saturated carbocycles. The number of rotatable bonds is 5. The van der Waals surface area contributed by atoms with Gasteiger partial charge < -0.3 is 10.4 Å². The van der Waals surface area contributed by atoms with Crippen molar-refractivity contribution in [3.05, 3.63) is 12.7 Å². The molecule has 1 aliphatic rings. The Balaban J connectivity index is 1.94. The molecule has 20 heavy (non-hydrogen) atoms. The van der Waals surface area contributed by atoms with Crippen LogP contribution < -0.4 is 5.32 Å². The predicted octanol–water partition coefficient (Wildman–Crippen LogP) is 0.818. The van der Waals surface area contributed by atoms with Crippen LogP contribution in [0.5, 0.6) is 0 Å². The molecule has 7 heteroatoms. The topological polar surface area (TPSA) is 97.1 Å². The van der Waals surface area contributed by atoms with E-state index < -0.39 is 11.5 Å². The molecular weight excluding hydrogens is 260 g/mol. The summed E-state index contributed by atoms with van der Waals surface area (Å²) in [6, 6.07) is 0. The largest absolute Gasteiger partial charge is 0.480 e. The lowest BCUT2D eigenvalue weighted by atomic mass is 9.76. The van der Waals surface area contributed by atoms with Crippen molar-refractivity contribution >= 4 is 11.9 Å².